The predicted octanol–water partition coefficient (Wildman–Crippen LogP) is 2.46. The molecule has 17 heavy (non-hydrogen) atoms. The van der Waals surface area contributed by atoms with E-state index in [1.807, 2.05) is 16.8 Å². The van der Waals surface area contributed by atoms with Crippen molar-refractivity contribution in [3.63, 3.8) is 0 Å². The third kappa shape index (κ3) is 2.95. The summed E-state index contributed by atoms with van der Waals surface area (Å²) in [6, 6.07) is 3.62. The van der Waals surface area contributed by atoms with Crippen molar-refractivity contribution in [3.05, 3.63) is 46.5 Å². The van der Waals surface area contributed by atoms with E-state index in [4.69, 9.17) is 9.15 Å². The largest absolute Gasteiger partial charge is 0.472 e. The number of rotatable bonds is 5. The lowest BCUT2D eigenvalue weighted by Gasteiger charge is -2.14. The first-order valence-corrected chi connectivity index (χ1v) is 6.11. The summed E-state index contributed by atoms with van der Waals surface area (Å²) >= 11 is 1.61. The lowest BCUT2D eigenvalue weighted by molar-refractivity contribution is 0.0828. The van der Waals surface area contributed by atoms with Gasteiger partial charge < -0.3 is 14.5 Å². The highest BCUT2D eigenvalue weighted by Crippen LogP contribution is 2.18. The molecule has 0 spiro atoms. The van der Waals surface area contributed by atoms with Crippen LogP contribution in [-0.2, 0) is 4.74 Å². The molecule has 0 bridgehead atoms. The molecule has 0 fully saturated rings. The molecule has 1 N–H and O–H groups in total. The molecule has 5 heteroatoms. The van der Waals surface area contributed by atoms with E-state index in [1.165, 1.54) is 12.5 Å². The number of thiophene rings is 1. The van der Waals surface area contributed by atoms with Gasteiger partial charge in [-0.05, 0) is 28.5 Å². The maximum atomic E-state index is 11.7. The quantitative estimate of drug-likeness (QED) is 0.888. The van der Waals surface area contributed by atoms with Gasteiger partial charge in [0, 0.05) is 13.7 Å². The Balaban J connectivity index is 1.91. The molecule has 0 saturated carbocycles. The standard InChI is InChI=1S/C12H13NO3S/c1-15-11(10-3-5-17-8-10)6-13-12(14)9-2-4-16-7-9/h2-5,7-8,11H,6H2,1H3,(H,13,14)/t11-/m0/s1. The van der Waals surface area contributed by atoms with Crippen molar-refractivity contribution in [2.75, 3.05) is 13.7 Å². The van der Waals surface area contributed by atoms with E-state index in [9.17, 15) is 4.79 Å². The van der Waals surface area contributed by atoms with Gasteiger partial charge >= 0.3 is 0 Å². The number of amides is 1. The molecule has 2 aromatic rings. The van der Waals surface area contributed by atoms with Crippen LogP contribution in [0.25, 0.3) is 0 Å². The number of ether oxygens (including phenoxy) is 1. The normalized spacial score (nSPS) is 12.3. The monoisotopic (exact) mass is 251 g/mol. The van der Waals surface area contributed by atoms with Crippen molar-refractivity contribution in [2.45, 2.75) is 6.10 Å². The van der Waals surface area contributed by atoms with Crippen LogP contribution < -0.4 is 5.32 Å². The van der Waals surface area contributed by atoms with Gasteiger partial charge in [-0.1, -0.05) is 0 Å². The van der Waals surface area contributed by atoms with Crippen molar-refractivity contribution in [2.24, 2.45) is 0 Å². The van der Waals surface area contributed by atoms with Crippen LogP contribution in [0.1, 0.15) is 22.0 Å². The van der Waals surface area contributed by atoms with Crippen molar-refractivity contribution in [1.29, 1.82) is 0 Å². The second kappa shape index (κ2) is 5.65. The Morgan fingerprint density at radius 3 is 3.06 bits per heavy atom. The molecule has 0 aliphatic carbocycles. The first-order chi connectivity index (χ1) is 8.31. The Bertz CT molecular complexity index is 450. The summed E-state index contributed by atoms with van der Waals surface area (Å²) in [4.78, 5) is 11.7. The number of hydrogen-bond donors (Lipinski definition) is 1. The minimum Gasteiger partial charge on any atom is -0.472 e. The van der Waals surface area contributed by atoms with E-state index in [2.05, 4.69) is 5.32 Å². The molecule has 1 atom stereocenters. The average Bonchev–Trinajstić information content (AvgIpc) is 3.02. The van der Waals surface area contributed by atoms with Gasteiger partial charge in [-0.2, -0.15) is 11.3 Å². The fourth-order valence-electron chi connectivity index (χ4n) is 1.48. The number of methoxy groups -OCH3 is 1. The van der Waals surface area contributed by atoms with Crippen molar-refractivity contribution in [1.82, 2.24) is 5.32 Å². The van der Waals surface area contributed by atoms with E-state index in [-0.39, 0.29) is 12.0 Å². The summed E-state index contributed by atoms with van der Waals surface area (Å²) < 4.78 is 10.2. The molecule has 0 aliphatic rings. The molecule has 0 radical (unpaired) electrons. The highest BCUT2D eigenvalue weighted by molar-refractivity contribution is 7.07. The van der Waals surface area contributed by atoms with Gasteiger partial charge in [0.25, 0.3) is 5.91 Å². The van der Waals surface area contributed by atoms with Crippen LogP contribution in [0.5, 0.6) is 0 Å². The molecule has 0 unspecified atom stereocenters. The first-order valence-electron chi connectivity index (χ1n) is 5.16. The summed E-state index contributed by atoms with van der Waals surface area (Å²) in [5.74, 6) is -0.156. The molecular formula is C12H13NO3S. The SMILES string of the molecule is CO[C@@H](CNC(=O)c1ccoc1)c1ccsc1. The predicted molar refractivity (Wildman–Crippen MR) is 65.1 cm³/mol. The van der Waals surface area contributed by atoms with Crippen LogP contribution in [0, 0.1) is 0 Å². The van der Waals surface area contributed by atoms with Gasteiger partial charge in [0.05, 0.1) is 11.8 Å². The summed E-state index contributed by atoms with van der Waals surface area (Å²) in [5, 5.41) is 6.80. The lowest BCUT2D eigenvalue weighted by Crippen LogP contribution is -2.28. The topological polar surface area (TPSA) is 51.5 Å². The van der Waals surface area contributed by atoms with Crippen LogP contribution in [0.2, 0.25) is 0 Å². The molecule has 2 aromatic heterocycles. The summed E-state index contributed by atoms with van der Waals surface area (Å²) in [6.45, 7) is 0.442. The van der Waals surface area contributed by atoms with Crippen LogP contribution >= 0.6 is 11.3 Å². The van der Waals surface area contributed by atoms with Gasteiger partial charge in [-0.25, -0.2) is 0 Å². The summed E-state index contributed by atoms with van der Waals surface area (Å²) in [5.41, 5.74) is 1.59. The van der Waals surface area contributed by atoms with Gasteiger partial charge in [0.15, 0.2) is 0 Å². The maximum Gasteiger partial charge on any atom is 0.254 e. The fourth-order valence-corrected chi connectivity index (χ4v) is 2.18. The zero-order valence-electron chi connectivity index (χ0n) is 9.38. The van der Waals surface area contributed by atoms with E-state index in [0.717, 1.165) is 5.56 Å². The van der Waals surface area contributed by atoms with E-state index < -0.39 is 0 Å². The zero-order chi connectivity index (χ0) is 12.1. The minimum atomic E-state index is -0.156. The molecular weight excluding hydrogens is 238 g/mol. The van der Waals surface area contributed by atoms with Crippen LogP contribution in [0.15, 0.2) is 39.8 Å². The van der Waals surface area contributed by atoms with E-state index >= 15 is 0 Å². The van der Waals surface area contributed by atoms with Crippen LogP contribution in [-0.4, -0.2) is 19.6 Å². The number of carbonyl (C=O) groups is 1. The maximum absolute atomic E-state index is 11.7. The Kier molecular flexibility index (Phi) is 3.95. The van der Waals surface area contributed by atoms with Gasteiger partial charge in [0.2, 0.25) is 0 Å². The van der Waals surface area contributed by atoms with E-state index in [0.29, 0.717) is 12.1 Å². The Morgan fingerprint density at radius 2 is 2.47 bits per heavy atom. The second-order valence-corrected chi connectivity index (χ2v) is 4.28. The third-order valence-corrected chi connectivity index (χ3v) is 3.13. The van der Waals surface area contributed by atoms with Crippen LogP contribution in [0.4, 0.5) is 0 Å². The number of nitrogens with one attached hydrogen (secondary N) is 1. The highest BCUT2D eigenvalue weighted by Gasteiger charge is 2.13. The van der Waals surface area contributed by atoms with Crippen molar-refractivity contribution >= 4 is 17.2 Å². The number of hydrogen-bond acceptors (Lipinski definition) is 4. The minimum absolute atomic E-state index is 0.114. The average molecular weight is 251 g/mol. The molecule has 0 saturated heterocycles. The Morgan fingerprint density at radius 1 is 1.59 bits per heavy atom. The highest BCUT2D eigenvalue weighted by atomic mass is 32.1. The van der Waals surface area contributed by atoms with Crippen LogP contribution in [0.3, 0.4) is 0 Å². The molecule has 2 heterocycles. The summed E-state index contributed by atoms with van der Waals surface area (Å²) in [7, 11) is 1.63. The van der Waals surface area contributed by atoms with Gasteiger partial charge in [0.1, 0.15) is 12.4 Å². The third-order valence-electron chi connectivity index (χ3n) is 2.43. The molecule has 0 aromatic carbocycles. The Labute approximate surface area is 103 Å². The molecule has 2 rings (SSSR count). The Hall–Kier alpha value is -1.59. The molecule has 90 valence electrons. The van der Waals surface area contributed by atoms with Gasteiger partial charge in [-0.15, -0.1) is 0 Å². The zero-order valence-corrected chi connectivity index (χ0v) is 10.2. The first kappa shape index (κ1) is 11.9. The van der Waals surface area contributed by atoms with Crippen molar-refractivity contribution < 1.29 is 13.9 Å². The fraction of sp³-hybridized carbons (Fsp3) is 0.250. The summed E-state index contributed by atoms with van der Waals surface area (Å²) in [6.07, 6.45) is 2.78. The van der Waals surface area contributed by atoms with Crippen molar-refractivity contribution in [3.8, 4) is 0 Å². The molecule has 0 aliphatic heterocycles. The molecule has 1 amide bonds. The van der Waals surface area contributed by atoms with E-state index in [1.54, 1.807) is 24.5 Å². The molecule has 4 nitrogen and oxygen atoms in total. The smallest absolute Gasteiger partial charge is 0.254 e. The lowest BCUT2D eigenvalue weighted by atomic mass is 10.2. The second-order valence-electron chi connectivity index (χ2n) is 3.50. The number of furan rings is 1. The van der Waals surface area contributed by atoms with Gasteiger partial charge in [-0.3, -0.25) is 4.79 Å². The number of carbonyl (C=O) groups excluding carboxylic acids is 1.